The van der Waals surface area contributed by atoms with Gasteiger partial charge in [-0.1, -0.05) is 42.0 Å². The number of methoxy groups -OCH3 is 2. The van der Waals surface area contributed by atoms with E-state index in [2.05, 4.69) is 11.4 Å². The number of amides is 1. The molecule has 0 saturated carbocycles. The van der Waals surface area contributed by atoms with Crippen molar-refractivity contribution in [3.8, 4) is 11.5 Å². The lowest BCUT2D eigenvalue weighted by molar-refractivity contribution is -0.120. The van der Waals surface area contributed by atoms with Crippen molar-refractivity contribution in [2.24, 2.45) is 0 Å². The molecule has 180 valence electrons. The first-order valence-electron chi connectivity index (χ1n) is 10.8. The van der Waals surface area contributed by atoms with Crippen LogP contribution in [0.25, 0.3) is 0 Å². The number of benzene rings is 3. The number of carbonyl (C=O) groups is 1. The van der Waals surface area contributed by atoms with E-state index in [0.29, 0.717) is 11.4 Å². The summed E-state index contributed by atoms with van der Waals surface area (Å²) in [6.07, 6.45) is 0. The maximum Gasteiger partial charge on any atom is 0.264 e. The Morgan fingerprint density at radius 2 is 1.62 bits per heavy atom. The third kappa shape index (κ3) is 5.51. The summed E-state index contributed by atoms with van der Waals surface area (Å²) in [5, 5.41) is 2.93. The van der Waals surface area contributed by atoms with Crippen molar-refractivity contribution in [2.45, 2.75) is 31.7 Å². The van der Waals surface area contributed by atoms with Gasteiger partial charge in [0.25, 0.3) is 10.0 Å². The van der Waals surface area contributed by atoms with E-state index < -0.39 is 15.9 Å². The number of hydrogen-bond donors (Lipinski definition) is 1. The van der Waals surface area contributed by atoms with Crippen LogP contribution in [0.15, 0.2) is 71.6 Å². The summed E-state index contributed by atoms with van der Waals surface area (Å²) < 4.78 is 38.9. The van der Waals surface area contributed by atoms with Crippen LogP contribution in [0.1, 0.15) is 29.7 Å². The molecule has 3 aromatic carbocycles. The van der Waals surface area contributed by atoms with Gasteiger partial charge in [-0.15, -0.1) is 0 Å². The summed E-state index contributed by atoms with van der Waals surface area (Å²) in [6.45, 7) is 5.50. The summed E-state index contributed by atoms with van der Waals surface area (Å²) in [4.78, 5) is 13.0. The van der Waals surface area contributed by atoms with Gasteiger partial charge < -0.3 is 14.8 Å². The molecule has 0 heterocycles. The molecule has 0 unspecified atom stereocenters. The number of carbonyl (C=O) groups excluding carboxylic acids is 1. The van der Waals surface area contributed by atoms with Gasteiger partial charge in [0.2, 0.25) is 5.91 Å². The molecule has 0 aliphatic rings. The minimum absolute atomic E-state index is 0.00997. The number of anilines is 1. The Hall–Kier alpha value is -3.52. The second-order valence-corrected chi connectivity index (χ2v) is 9.88. The van der Waals surface area contributed by atoms with Crippen LogP contribution in [-0.2, 0) is 14.8 Å². The number of hydrogen-bond acceptors (Lipinski definition) is 5. The quantitative estimate of drug-likeness (QED) is 0.489. The predicted molar refractivity (Wildman–Crippen MR) is 133 cm³/mol. The number of aryl methyl sites for hydroxylation is 2. The van der Waals surface area contributed by atoms with Crippen molar-refractivity contribution in [3.63, 3.8) is 0 Å². The van der Waals surface area contributed by atoms with Crippen LogP contribution in [0.3, 0.4) is 0 Å². The van der Waals surface area contributed by atoms with Gasteiger partial charge in [-0.2, -0.15) is 0 Å². The molecule has 7 nitrogen and oxygen atoms in total. The molecule has 1 N–H and O–H groups in total. The van der Waals surface area contributed by atoms with Crippen molar-refractivity contribution < 1.29 is 22.7 Å². The Morgan fingerprint density at radius 1 is 0.941 bits per heavy atom. The molecular formula is C26H30N2O5S. The van der Waals surface area contributed by atoms with Crippen LogP contribution in [0.4, 0.5) is 5.69 Å². The number of nitrogens with zero attached hydrogens (tertiary/aromatic N) is 1. The second kappa shape index (κ2) is 10.6. The van der Waals surface area contributed by atoms with Crippen molar-refractivity contribution in [1.29, 1.82) is 0 Å². The number of ether oxygens (including phenoxy) is 2. The Morgan fingerprint density at radius 3 is 2.24 bits per heavy atom. The van der Waals surface area contributed by atoms with Crippen LogP contribution in [0.5, 0.6) is 11.5 Å². The molecule has 0 fully saturated rings. The van der Waals surface area contributed by atoms with Gasteiger partial charge in [-0.3, -0.25) is 9.10 Å². The van der Waals surface area contributed by atoms with Gasteiger partial charge in [0, 0.05) is 6.07 Å². The predicted octanol–water partition coefficient (Wildman–Crippen LogP) is 4.39. The molecule has 0 radical (unpaired) electrons. The normalized spacial score (nSPS) is 12.0. The van der Waals surface area contributed by atoms with Crippen LogP contribution < -0.4 is 19.1 Å². The van der Waals surface area contributed by atoms with Crippen molar-refractivity contribution in [2.75, 3.05) is 25.1 Å². The van der Waals surface area contributed by atoms with Gasteiger partial charge in [-0.05, 0) is 56.2 Å². The first-order valence-corrected chi connectivity index (χ1v) is 12.3. The maximum absolute atomic E-state index is 13.6. The maximum atomic E-state index is 13.6. The first-order chi connectivity index (χ1) is 16.2. The molecule has 1 amide bonds. The standard InChI is InChI=1S/C26H30N2O5S/c1-18-11-13-23(19(2)15-18)20(3)27-26(29)17-28(21-9-7-6-8-10-21)34(30,31)22-12-14-24(32-4)25(16-22)33-5/h6-16,20H,17H2,1-5H3,(H,27,29)/t20-/m1/s1. The highest BCUT2D eigenvalue weighted by atomic mass is 32.2. The lowest BCUT2D eigenvalue weighted by atomic mass is 10.0. The minimum Gasteiger partial charge on any atom is -0.493 e. The minimum atomic E-state index is -4.08. The zero-order valence-electron chi connectivity index (χ0n) is 20.0. The molecule has 8 heteroatoms. The van der Waals surface area contributed by atoms with E-state index in [1.54, 1.807) is 30.3 Å². The largest absolute Gasteiger partial charge is 0.493 e. The van der Waals surface area contributed by atoms with Gasteiger partial charge >= 0.3 is 0 Å². The van der Waals surface area contributed by atoms with Crippen LogP contribution >= 0.6 is 0 Å². The van der Waals surface area contributed by atoms with Crippen molar-refractivity contribution >= 4 is 21.6 Å². The first kappa shape index (κ1) is 25.1. The topological polar surface area (TPSA) is 84.9 Å². The molecule has 0 saturated heterocycles. The van der Waals surface area contributed by atoms with Gasteiger partial charge in [-0.25, -0.2) is 8.42 Å². The molecule has 3 rings (SSSR count). The molecule has 1 atom stereocenters. The Balaban J connectivity index is 1.92. The summed E-state index contributed by atoms with van der Waals surface area (Å²) in [5.41, 5.74) is 3.56. The lowest BCUT2D eigenvalue weighted by Crippen LogP contribution is -2.41. The molecule has 0 aliphatic heterocycles. The molecular weight excluding hydrogens is 452 g/mol. The zero-order chi connectivity index (χ0) is 24.9. The number of nitrogens with one attached hydrogen (secondary N) is 1. The third-order valence-electron chi connectivity index (χ3n) is 5.54. The number of rotatable bonds is 9. The van der Waals surface area contributed by atoms with E-state index >= 15 is 0 Å². The van der Waals surface area contributed by atoms with E-state index in [0.717, 1.165) is 21.0 Å². The third-order valence-corrected chi connectivity index (χ3v) is 7.31. The van der Waals surface area contributed by atoms with Crippen LogP contribution in [-0.4, -0.2) is 35.1 Å². The Bertz CT molecular complexity index is 1260. The van der Waals surface area contributed by atoms with Crippen molar-refractivity contribution in [3.05, 3.63) is 83.4 Å². The highest BCUT2D eigenvalue weighted by Gasteiger charge is 2.28. The molecule has 0 spiro atoms. The molecule has 3 aromatic rings. The summed E-state index contributed by atoms with van der Waals surface area (Å²) in [5.74, 6) is 0.276. The van der Waals surface area contributed by atoms with Gasteiger partial charge in [0.15, 0.2) is 11.5 Å². The molecule has 0 aliphatic carbocycles. The summed E-state index contributed by atoms with van der Waals surface area (Å²) in [6, 6.07) is 18.6. The van der Waals surface area contributed by atoms with E-state index in [-0.39, 0.29) is 23.2 Å². The van der Waals surface area contributed by atoms with E-state index in [1.165, 1.54) is 32.4 Å². The molecule has 0 bridgehead atoms. The zero-order valence-corrected chi connectivity index (χ0v) is 20.8. The smallest absolute Gasteiger partial charge is 0.264 e. The second-order valence-electron chi connectivity index (χ2n) is 8.01. The van der Waals surface area contributed by atoms with E-state index in [4.69, 9.17) is 9.47 Å². The highest BCUT2D eigenvalue weighted by Crippen LogP contribution is 2.32. The summed E-state index contributed by atoms with van der Waals surface area (Å²) >= 11 is 0. The fraction of sp³-hybridized carbons (Fsp3) is 0.269. The average Bonchev–Trinajstić information content (AvgIpc) is 2.82. The van der Waals surface area contributed by atoms with Crippen LogP contribution in [0, 0.1) is 13.8 Å². The van der Waals surface area contributed by atoms with Gasteiger partial charge in [0.1, 0.15) is 6.54 Å². The summed E-state index contributed by atoms with van der Waals surface area (Å²) in [7, 11) is -1.17. The van der Waals surface area contributed by atoms with E-state index in [9.17, 15) is 13.2 Å². The SMILES string of the molecule is COc1ccc(S(=O)(=O)N(CC(=O)N[C@H](C)c2ccc(C)cc2C)c2ccccc2)cc1OC. The fourth-order valence-electron chi connectivity index (χ4n) is 3.82. The fourth-order valence-corrected chi connectivity index (χ4v) is 5.26. The Kier molecular flexibility index (Phi) is 7.83. The average molecular weight is 483 g/mol. The number of sulfonamides is 1. The van der Waals surface area contributed by atoms with Crippen molar-refractivity contribution in [1.82, 2.24) is 5.32 Å². The number of para-hydroxylation sites is 1. The lowest BCUT2D eigenvalue weighted by Gasteiger charge is -2.25. The van der Waals surface area contributed by atoms with E-state index in [1.807, 2.05) is 32.9 Å². The van der Waals surface area contributed by atoms with Crippen LogP contribution in [0.2, 0.25) is 0 Å². The Labute approximate surface area is 201 Å². The van der Waals surface area contributed by atoms with Gasteiger partial charge in [0.05, 0.1) is 30.8 Å². The molecule has 34 heavy (non-hydrogen) atoms. The highest BCUT2D eigenvalue weighted by molar-refractivity contribution is 7.92. The molecule has 0 aromatic heterocycles. The monoisotopic (exact) mass is 482 g/mol.